The molecule has 1 atom stereocenters. The lowest BCUT2D eigenvalue weighted by atomic mass is 9.96. The highest BCUT2D eigenvalue weighted by molar-refractivity contribution is 5.82. The Balaban J connectivity index is 1.79. The fourth-order valence-corrected chi connectivity index (χ4v) is 3.65. The summed E-state index contributed by atoms with van der Waals surface area (Å²) in [6.07, 6.45) is -1.50. The highest BCUT2D eigenvalue weighted by Gasteiger charge is 2.38. The minimum absolute atomic E-state index is 0.00691. The van der Waals surface area contributed by atoms with Crippen molar-refractivity contribution in [2.24, 2.45) is 0 Å². The Morgan fingerprint density at radius 3 is 2.48 bits per heavy atom. The number of hydrogen-bond donors (Lipinski definition) is 1. The number of amides is 1. The maximum absolute atomic E-state index is 13.9. The number of anilines is 1. The second-order valence-electron chi connectivity index (χ2n) is 7.32. The van der Waals surface area contributed by atoms with Crippen LogP contribution in [-0.2, 0) is 4.79 Å². The van der Waals surface area contributed by atoms with Crippen molar-refractivity contribution in [2.75, 3.05) is 31.6 Å². The van der Waals surface area contributed by atoms with E-state index in [1.54, 1.807) is 18.1 Å². The normalized spacial score (nSPS) is 17.5. The average molecular weight is 372 g/mol. The molecular formula is C21H25FN2O3. The topological polar surface area (TPSA) is 53.0 Å². The maximum atomic E-state index is 13.9. The van der Waals surface area contributed by atoms with Gasteiger partial charge in [0.2, 0.25) is 0 Å². The van der Waals surface area contributed by atoms with Crippen LogP contribution in [0, 0.1) is 5.82 Å². The second-order valence-corrected chi connectivity index (χ2v) is 7.32. The third kappa shape index (κ3) is 3.76. The van der Waals surface area contributed by atoms with Crippen molar-refractivity contribution < 1.29 is 19.0 Å². The number of ether oxygens (including phenoxy) is 1. The van der Waals surface area contributed by atoms with E-state index >= 15 is 0 Å². The number of halogens is 1. The van der Waals surface area contributed by atoms with Gasteiger partial charge in [0.1, 0.15) is 11.6 Å². The Morgan fingerprint density at radius 2 is 1.81 bits per heavy atom. The standard InChI is InChI=1S/C21H25FN2O3/c1-21(2)14-23(20(26)19(25)15-8-4-5-9-16(15)22)12-13-24(21)17-10-6-7-11-18(17)27-3/h4-11,19,25H,12-14H2,1-3H3/t19-/m1/s1. The van der Waals surface area contributed by atoms with Gasteiger partial charge in [-0.05, 0) is 32.0 Å². The van der Waals surface area contributed by atoms with E-state index in [2.05, 4.69) is 4.90 Å². The van der Waals surface area contributed by atoms with Gasteiger partial charge in [-0.1, -0.05) is 30.3 Å². The van der Waals surface area contributed by atoms with Crippen molar-refractivity contribution in [3.8, 4) is 5.75 Å². The minimum atomic E-state index is -1.50. The van der Waals surface area contributed by atoms with Gasteiger partial charge in [-0.25, -0.2) is 4.39 Å². The number of carbonyl (C=O) groups is 1. The molecule has 0 radical (unpaired) electrons. The number of para-hydroxylation sites is 2. The van der Waals surface area contributed by atoms with Crippen LogP contribution in [0.15, 0.2) is 48.5 Å². The third-order valence-corrected chi connectivity index (χ3v) is 5.02. The number of rotatable bonds is 4. The SMILES string of the molecule is COc1ccccc1N1CCN(C(=O)[C@H](O)c2ccccc2F)CC1(C)C. The summed E-state index contributed by atoms with van der Waals surface area (Å²) >= 11 is 0. The fraction of sp³-hybridized carbons (Fsp3) is 0.381. The van der Waals surface area contributed by atoms with E-state index in [-0.39, 0.29) is 11.1 Å². The van der Waals surface area contributed by atoms with Gasteiger partial charge in [0.15, 0.2) is 6.10 Å². The van der Waals surface area contributed by atoms with Gasteiger partial charge in [-0.2, -0.15) is 0 Å². The molecule has 144 valence electrons. The van der Waals surface area contributed by atoms with Crippen LogP contribution in [0.25, 0.3) is 0 Å². The lowest BCUT2D eigenvalue weighted by Gasteiger charge is -2.49. The van der Waals surface area contributed by atoms with E-state index in [0.29, 0.717) is 19.6 Å². The summed E-state index contributed by atoms with van der Waals surface area (Å²) in [5, 5.41) is 10.4. The molecule has 6 heteroatoms. The molecule has 1 amide bonds. The molecule has 0 unspecified atom stereocenters. The van der Waals surface area contributed by atoms with Crippen molar-refractivity contribution >= 4 is 11.6 Å². The van der Waals surface area contributed by atoms with Crippen molar-refractivity contribution in [1.82, 2.24) is 4.90 Å². The summed E-state index contributed by atoms with van der Waals surface area (Å²) in [4.78, 5) is 16.6. The summed E-state index contributed by atoms with van der Waals surface area (Å²) in [7, 11) is 1.64. The van der Waals surface area contributed by atoms with Gasteiger partial charge >= 0.3 is 0 Å². The Bertz CT molecular complexity index is 825. The first-order chi connectivity index (χ1) is 12.8. The second kappa shape index (κ2) is 7.56. The van der Waals surface area contributed by atoms with Crippen LogP contribution in [0.1, 0.15) is 25.5 Å². The predicted molar refractivity (Wildman–Crippen MR) is 102 cm³/mol. The number of nitrogens with zero attached hydrogens (tertiary/aromatic N) is 2. The van der Waals surface area contributed by atoms with Crippen LogP contribution in [0.4, 0.5) is 10.1 Å². The van der Waals surface area contributed by atoms with Crippen LogP contribution in [0.3, 0.4) is 0 Å². The van der Waals surface area contributed by atoms with E-state index in [9.17, 15) is 14.3 Å². The number of carbonyl (C=O) groups excluding carboxylic acids is 1. The van der Waals surface area contributed by atoms with Crippen molar-refractivity contribution in [2.45, 2.75) is 25.5 Å². The van der Waals surface area contributed by atoms with Crippen molar-refractivity contribution in [3.05, 3.63) is 59.9 Å². The number of piperazine rings is 1. The molecule has 0 bridgehead atoms. The molecule has 0 aliphatic carbocycles. The summed E-state index contributed by atoms with van der Waals surface area (Å²) in [6.45, 7) is 5.51. The zero-order chi connectivity index (χ0) is 19.6. The monoisotopic (exact) mass is 372 g/mol. The Hall–Kier alpha value is -2.60. The largest absolute Gasteiger partial charge is 0.495 e. The molecule has 0 spiro atoms. The average Bonchev–Trinajstić information content (AvgIpc) is 2.66. The molecule has 0 saturated carbocycles. The highest BCUT2D eigenvalue weighted by Crippen LogP contribution is 2.35. The molecule has 5 nitrogen and oxygen atoms in total. The van der Waals surface area contributed by atoms with Crippen LogP contribution in [0.2, 0.25) is 0 Å². The van der Waals surface area contributed by atoms with Gasteiger partial charge in [-0.3, -0.25) is 4.79 Å². The zero-order valence-corrected chi connectivity index (χ0v) is 15.9. The molecule has 1 aliphatic heterocycles. The quantitative estimate of drug-likeness (QED) is 0.897. The lowest BCUT2D eigenvalue weighted by molar-refractivity contribution is -0.142. The van der Waals surface area contributed by atoms with Gasteiger partial charge in [0, 0.05) is 25.2 Å². The van der Waals surface area contributed by atoms with Crippen LogP contribution in [0.5, 0.6) is 5.75 Å². The Morgan fingerprint density at radius 1 is 1.15 bits per heavy atom. The van der Waals surface area contributed by atoms with Crippen LogP contribution >= 0.6 is 0 Å². The molecule has 1 fully saturated rings. The maximum Gasteiger partial charge on any atom is 0.256 e. The lowest BCUT2D eigenvalue weighted by Crippen LogP contribution is -2.61. The van der Waals surface area contributed by atoms with E-state index in [0.717, 1.165) is 11.4 Å². The molecule has 1 N–H and O–H groups in total. The molecule has 1 saturated heterocycles. The molecule has 3 rings (SSSR count). The number of benzene rings is 2. The summed E-state index contributed by atoms with van der Waals surface area (Å²) in [6, 6.07) is 13.6. The first-order valence-corrected chi connectivity index (χ1v) is 8.97. The van der Waals surface area contributed by atoms with E-state index in [4.69, 9.17) is 4.74 Å². The molecule has 2 aromatic rings. The summed E-state index contributed by atoms with van der Waals surface area (Å²) < 4.78 is 19.4. The number of methoxy groups -OCH3 is 1. The minimum Gasteiger partial charge on any atom is -0.495 e. The number of aliphatic hydroxyl groups is 1. The highest BCUT2D eigenvalue weighted by atomic mass is 19.1. The van der Waals surface area contributed by atoms with E-state index in [1.165, 1.54) is 18.2 Å². The predicted octanol–water partition coefficient (Wildman–Crippen LogP) is 3.00. The van der Waals surface area contributed by atoms with Crippen molar-refractivity contribution in [3.63, 3.8) is 0 Å². The Labute approximate surface area is 159 Å². The summed E-state index contributed by atoms with van der Waals surface area (Å²) in [5.74, 6) is -0.283. The molecular weight excluding hydrogens is 347 g/mol. The molecule has 0 aromatic heterocycles. The van der Waals surface area contributed by atoms with Crippen LogP contribution < -0.4 is 9.64 Å². The first kappa shape index (κ1) is 19.2. The number of hydrogen-bond acceptors (Lipinski definition) is 4. The van der Waals surface area contributed by atoms with Gasteiger partial charge in [0.05, 0.1) is 18.3 Å². The van der Waals surface area contributed by atoms with Gasteiger partial charge < -0.3 is 19.6 Å². The van der Waals surface area contributed by atoms with Crippen LogP contribution in [-0.4, -0.2) is 48.2 Å². The third-order valence-electron chi connectivity index (χ3n) is 5.02. The molecule has 27 heavy (non-hydrogen) atoms. The summed E-state index contributed by atoms with van der Waals surface area (Å²) in [5.41, 5.74) is 0.594. The molecule has 1 heterocycles. The molecule has 1 aliphatic rings. The smallest absolute Gasteiger partial charge is 0.256 e. The van der Waals surface area contributed by atoms with Crippen molar-refractivity contribution in [1.29, 1.82) is 0 Å². The van der Waals surface area contributed by atoms with Gasteiger partial charge in [0.25, 0.3) is 5.91 Å². The van der Waals surface area contributed by atoms with E-state index in [1.807, 2.05) is 38.1 Å². The van der Waals surface area contributed by atoms with Gasteiger partial charge in [-0.15, -0.1) is 0 Å². The first-order valence-electron chi connectivity index (χ1n) is 8.97. The molecule has 2 aromatic carbocycles. The zero-order valence-electron chi connectivity index (χ0n) is 15.9. The van der Waals surface area contributed by atoms with E-state index < -0.39 is 17.8 Å². The fourth-order valence-electron chi connectivity index (χ4n) is 3.65. The number of aliphatic hydroxyl groups excluding tert-OH is 1. The Kier molecular flexibility index (Phi) is 5.37.